The molecule has 0 amide bonds. The zero-order valence-corrected chi connectivity index (χ0v) is 10.9. The fourth-order valence-corrected chi connectivity index (χ4v) is 3.13. The average Bonchev–Trinajstić information content (AvgIpc) is 2.30. The van der Waals surface area contributed by atoms with Crippen molar-refractivity contribution in [3.8, 4) is 11.8 Å². The van der Waals surface area contributed by atoms with Crippen LogP contribution in [0.3, 0.4) is 0 Å². The standard InChI is InChI=1S/C12H16N2O2S/c1-3-14-17(15,9-8-13)10-11-4-6-12(16-2)7-5-11/h4-7H,3,9-10H2,1-2H3. The Morgan fingerprint density at radius 2 is 2.06 bits per heavy atom. The third-order valence-electron chi connectivity index (χ3n) is 2.21. The SMILES string of the molecule is CCN=S(=O)(CC#N)Cc1ccc(OC)cc1. The summed E-state index contributed by atoms with van der Waals surface area (Å²) in [4.78, 5) is 0. The van der Waals surface area contributed by atoms with Gasteiger partial charge >= 0.3 is 0 Å². The van der Waals surface area contributed by atoms with Gasteiger partial charge in [0.1, 0.15) is 11.5 Å². The van der Waals surface area contributed by atoms with Crippen molar-refractivity contribution in [1.29, 1.82) is 5.26 Å². The number of rotatable bonds is 5. The Morgan fingerprint density at radius 1 is 1.41 bits per heavy atom. The highest BCUT2D eigenvalue weighted by Gasteiger charge is 2.09. The highest BCUT2D eigenvalue weighted by molar-refractivity contribution is 7.93. The van der Waals surface area contributed by atoms with E-state index in [1.165, 1.54) is 0 Å². The summed E-state index contributed by atoms with van der Waals surface area (Å²) in [6, 6.07) is 9.26. The molecule has 0 spiro atoms. The van der Waals surface area contributed by atoms with Crippen molar-refractivity contribution in [3.63, 3.8) is 0 Å². The number of nitriles is 1. The van der Waals surface area contributed by atoms with E-state index in [1.54, 1.807) is 7.11 Å². The molecule has 1 aromatic rings. The van der Waals surface area contributed by atoms with Crippen LogP contribution in [0.2, 0.25) is 0 Å². The summed E-state index contributed by atoms with van der Waals surface area (Å²) in [5.41, 5.74) is 0.906. The molecule has 92 valence electrons. The normalized spacial score (nSPS) is 13.5. The molecular weight excluding hydrogens is 236 g/mol. The molecule has 4 nitrogen and oxygen atoms in total. The number of benzene rings is 1. The Morgan fingerprint density at radius 3 is 2.53 bits per heavy atom. The third kappa shape index (κ3) is 4.08. The number of hydrogen-bond acceptors (Lipinski definition) is 4. The van der Waals surface area contributed by atoms with Gasteiger partial charge in [-0.25, -0.2) is 8.57 Å². The molecule has 0 N–H and O–H groups in total. The molecule has 0 saturated carbocycles. The molecule has 0 aliphatic rings. The molecule has 0 saturated heterocycles. The molecular formula is C12H16N2O2S. The van der Waals surface area contributed by atoms with Crippen molar-refractivity contribution in [2.45, 2.75) is 12.7 Å². The van der Waals surface area contributed by atoms with Crippen LogP contribution in [0.5, 0.6) is 5.75 Å². The number of ether oxygens (including phenoxy) is 1. The molecule has 0 bridgehead atoms. The van der Waals surface area contributed by atoms with Gasteiger partial charge in [-0.3, -0.25) is 0 Å². The second kappa shape index (κ2) is 6.26. The Hall–Kier alpha value is -1.54. The summed E-state index contributed by atoms with van der Waals surface area (Å²) in [7, 11) is -0.841. The highest BCUT2D eigenvalue weighted by Crippen LogP contribution is 2.14. The first kappa shape index (κ1) is 13.5. The van der Waals surface area contributed by atoms with Gasteiger partial charge in [-0.1, -0.05) is 12.1 Å². The lowest BCUT2D eigenvalue weighted by atomic mass is 10.2. The van der Waals surface area contributed by atoms with E-state index in [9.17, 15) is 4.21 Å². The van der Waals surface area contributed by atoms with Gasteiger partial charge in [0, 0.05) is 6.54 Å². The van der Waals surface area contributed by atoms with Crippen molar-refractivity contribution in [2.75, 3.05) is 19.4 Å². The smallest absolute Gasteiger partial charge is 0.119 e. The summed E-state index contributed by atoms with van der Waals surface area (Å²) < 4.78 is 21.4. The Labute approximate surface area is 102 Å². The Balaban J connectivity index is 2.91. The lowest BCUT2D eigenvalue weighted by Crippen LogP contribution is -2.08. The van der Waals surface area contributed by atoms with Gasteiger partial charge in [0.15, 0.2) is 0 Å². The number of nitrogens with zero attached hydrogens (tertiary/aromatic N) is 2. The maximum Gasteiger partial charge on any atom is 0.119 e. The second-order valence-corrected chi connectivity index (χ2v) is 5.89. The molecule has 0 fully saturated rings. The zero-order chi connectivity index (χ0) is 12.7. The van der Waals surface area contributed by atoms with E-state index in [4.69, 9.17) is 10.00 Å². The summed E-state index contributed by atoms with van der Waals surface area (Å²) >= 11 is 0. The predicted octanol–water partition coefficient (Wildman–Crippen LogP) is 2.21. The number of hydrogen-bond donors (Lipinski definition) is 0. The minimum atomic E-state index is -2.44. The van der Waals surface area contributed by atoms with Gasteiger partial charge in [-0.15, -0.1) is 0 Å². The van der Waals surface area contributed by atoms with Crippen LogP contribution in [0, 0.1) is 11.3 Å². The quantitative estimate of drug-likeness (QED) is 0.807. The molecule has 1 atom stereocenters. The van der Waals surface area contributed by atoms with Gasteiger partial charge in [-0.2, -0.15) is 5.26 Å². The topological polar surface area (TPSA) is 62.5 Å². The Kier molecular flexibility index (Phi) is 4.98. The lowest BCUT2D eigenvalue weighted by Gasteiger charge is -2.07. The molecule has 0 aliphatic heterocycles. The second-order valence-electron chi connectivity index (χ2n) is 3.51. The zero-order valence-electron chi connectivity index (χ0n) is 10.0. The van der Waals surface area contributed by atoms with E-state index in [2.05, 4.69) is 4.36 Å². The van der Waals surface area contributed by atoms with Crippen LogP contribution in [0.4, 0.5) is 0 Å². The van der Waals surface area contributed by atoms with Crippen LogP contribution in [-0.2, 0) is 15.5 Å². The molecule has 0 heterocycles. The van der Waals surface area contributed by atoms with Crippen molar-refractivity contribution >= 4 is 9.73 Å². The van der Waals surface area contributed by atoms with Gasteiger partial charge in [0.05, 0.1) is 28.7 Å². The first-order chi connectivity index (χ1) is 8.13. The van der Waals surface area contributed by atoms with Gasteiger partial charge in [0.2, 0.25) is 0 Å². The van der Waals surface area contributed by atoms with Crippen LogP contribution in [0.25, 0.3) is 0 Å². The minimum Gasteiger partial charge on any atom is -0.497 e. The fourth-order valence-electron chi connectivity index (χ4n) is 1.46. The van der Waals surface area contributed by atoms with E-state index in [1.807, 2.05) is 37.3 Å². The lowest BCUT2D eigenvalue weighted by molar-refractivity contribution is 0.414. The summed E-state index contributed by atoms with van der Waals surface area (Å²) in [5.74, 6) is 1.05. The molecule has 1 unspecified atom stereocenters. The Bertz CT molecular complexity index is 508. The van der Waals surface area contributed by atoms with Crippen molar-refractivity contribution in [2.24, 2.45) is 4.36 Å². The highest BCUT2D eigenvalue weighted by atomic mass is 32.2. The largest absolute Gasteiger partial charge is 0.497 e. The summed E-state index contributed by atoms with van der Waals surface area (Å²) in [6.07, 6.45) is 0. The molecule has 17 heavy (non-hydrogen) atoms. The van der Waals surface area contributed by atoms with Crippen LogP contribution >= 0.6 is 0 Å². The van der Waals surface area contributed by atoms with E-state index in [0.29, 0.717) is 12.3 Å². The van der Waals surface area contributed by atoms with E-state index >= 15 is 0 Å². The van der Waals surface area contributed by atoms with Crippen molar-refractivity contribution < 1.29 is 8.95 Å². The van der Waals surface area contributed by atoms with Crippen LogP contribution < -0.4 is 4.74 Å². The minimum absolute atomic E-state index is 0.0210. The third-order valence-corrected chi connectivity index (χ3v) is 4.30. The predicted molar refractivity (Wildman–Crippen MR) is 68.3 cm³/mol. The molecule has 0 aliphatic carbocycles. The van der Waals surface area contributed by atoms with Gasteiger partial charge in [-0.05, 0) is 24.6 Å². The van der Waals surface area contributed by atoms with E-state index in [-0.39, 0.29) is 5.75 Å². The fraction of sp³-hybridized carbons (Fsp3) is 0.417. The first-order valence-electron chi connectivity index (χ1n) is 5.31. The molecule has 0 aromatic heterocycles. The molecule has 0 radical (unpaired) electrons. The molecule has 1 aromatic carbocycles. The van der Waals surface area contributed by atoms with Gasteiger partial charge in [0.25, 0.3) is 0 Å². The monoisotopic (exact) mass is 252 g/mol. The maximum absolute atomic E-state index is 12.3. The average molecular weight is 252 g/mol. The van der Waals surface area contributed by atoms with E-state index < -0.39 is 9.73 Å². The van der Waals surface area contributed by atoms with Gasteiger partial charge < -0.3 is 4.74 Å². The van der Waals surface area contributed by atoms with E-state index in [0.717, 1.165) is 11.3 Å². The molecule has 1 rings (SSSR count). The van der Waals surface area contributed by atoms with Crippen LogP contribution in [0.15, 0.2) is 28.6 Å². The summed E-state index contributed by atoms with van der Waals surface area (Å²) in [5, 5.41) is 8.68. The summed E-state index contributed by atoms with van der Waals surface area (Å²) in [6.45, 7) is 2.29. The van der Waals surface area contributed by atoms with Crippen LogP contribution in [-0.4, -0.2) is 23.6 Å². The maximum atomic E-state index is 12.3. The number of methoxy groups -OCH3 is 1. The van der Waals surface area contributed by atoms with Crippen LogP contribution in [0.1, 0.15) is 12.5 Å². The van der Waals surface area contributed by atoms with Crippen molar-refractivity contribution in [1.82, 2.24) is 0 Å². The molecule has 5 heteroatoms. The van der Waals surface area contributed by atoms with Crippen molar-refractivity contribution in [3.05, 3.63) is 29.8 Å². The first-order valence-corrected chi connectivity index (χ1v) is 7.17.